The topological polar surface area (TPSA) is 21.3 Å². The monoisotopic (exact) mass is 311 g/mol. The van der Waals surface area contributed by atoms with Crippen LogP contribution in [-0.4, -0.2) is 36.8 Å². The molecule has 2 nitrogen and oxygen atoms in total. The summed E-state index contributed by atoms with van der Waals surface area (Å²) in [5.41, 5.74) is 0.726. The predicted molar refractivity (Wildman–Crippen MR) is 91.9 cm³/mol. The van der Waals surface area contributed by atoms with E-state index in [-0.39, 0.29) is 5.60 Å². The molecule has 1 aliphatic carbocycles. The Kier molecular flexibility index (Phi) is 4.93. The summed E-state index contributed by atoms with van der Waals surface area (Å²) in [6.45, 7) is 5.99. The van der Waals surface area contributed by atoms with Gasteiger partial charge in [-0.2, -0.15) is 11.8 Å². The molecule has 2 aliphatic heterocycles. The number of hydrogen-bond donors (Lipinski definition) is 1. The molecular formula is C18H33NOS. The minimum absolute atomic E-state index is 0.224. The predicted octanol–water partition coefficient (Wildman–Crippen LogP) is 4.09. The van der Waals surface area contributed by atoms with Crippen LogP contribution in [0.3, 0.4) is 0 Å². The van der Waals surface area contributed by atoms with Crippen molar-refractivity contribution < 1.29 is 4.74 Å². The second-order valence-corrected chi connectivity index (χ2v) is 9.35. The van der Waals surface area contributed by atoms with E-state index < -0.39 is 0 Å². The summed E-state index contributed by atoms with van der Waals surface area (Å²) in [7, 11) is 2.20. The smallest absolute Gasteiger partial charge is 0.0783 e. The first-order chi connectivity index (χ1) is 10.1. The summed E-state index contributed by atoms with van der Waals surface area (Å²) in [5, 5.41) is 3.74. The molecule has 0 aromatic rings. The zero-order chi connectivity index (χ0) is 14.9. The van der Waals surface area contributed by atoms with Crippen LogP contribution in [-0.2, 0) is 4.74 Å². The van der Waals surface area contributed by atoms with Gasteiger partial charge in [-0.3, -0.25) is 0 Å². The van der Waals surface area contributed by atoms with Gasteiger partial charge in [-0.1, -0.05) is 26.7 Å². The average molecular weight is 312 g/mol. The largest absolute Gasteiger partial charge is 0.374 e. The quantitative estimate of drug-likeness (QED) is 0.848. The van der Waals surface area contributed by atoms with E-state index in [1.54, 1.807) is 0 Å². The van der Waals surface area contributed by atoms with Gasteiger partial charge < -0.3 is 10.1 Å². The summed E-state index contributed by atoms with van der Waals surface area (Å²) < 4.78 is 6.24. The van der Waals surface area contributed by atoms with Gasteiger partial charge in [-0.15, -0.1) is 0 Å². The van der Waals surface area contributed by atoms with Crippen molar-refractivity contribution in [1.29, 1.82) is 0 Å². The van der Waals surface area contributed by atoms with Crippen molar-refractivity contribution in [3.8, 4) is 0 Å². The highest BCUT2D eigenvalue weighted by Crippen LogP contribution is 2.48. The minimum atomic E-state index is 0.224. The molecule has 4 atom stereocenters. The fourth-order valence-corrected chi connectivity index (χ4v) is 6.57. The summed E-state index contributed by atoms with van der Waals surface area (Å²) in [5.74, 6) is 4.18. The molecule has 0 amide bonds. The Bertz CT molecular complexity index is 351. The summed E-state index contributed by atoms with van der Waals surface area (Å²) in [4.78, 5) is 0. The van der Waals surface area contributed by atoms with E-state index in [1.807, 2.05) is 0 Å². The Labute approximate surface area is 135 Å². The van der Waals surface area contributed by atoms with Crippen LogP contribution < -0.4 is 5.32 Å². The normalized spacial score (nSPS) is 41.3. The zero-order valence-corrected chi connectivity index (χ0v) is 14.9. The molecule has 3 fully saturated rings. The second kappa shape index (κ2) is 6.41. The van der Waals surface area contributed by atoms with Crippen LogP contribution in [0.4, 0.5) is 0 Å². The lowest BCUT2D eigenvalue weighted by Gasteiger charge is -2.49. The van der Waals surface area contributed by atoms with Crippen molar-refractivity contribution in [3.05, 3.63) is 0 Å². The molecule has 3 rings (SSSR count). The van der Waals surface area contributed by atoms with Gasteiger partial charge in [0.15, 0.2) is 0 Å². The van der Waals surface area contributed by atoms with Crippen molar-refractivity contribution in [2.75, 3.05) is 25.2 Å². The Morgan fingerprint density at radius 1 is 1.19 bits per heavy atom. The maximum absolute atomic E-state index is 6.24. The molecule has 2 saturated heterocycles. The fraction of sp³-hybridized carbons (Fsp3) is 1.00. The lowest BCUT2D eigenvalue weighted by molar-refractivity contribution is -0.0935. The van der Waals surface area contributed by atoms with Gasteiger partial charge in [-0.05, 0) is 62.2 Å². The Hall–Kier alpha value is 0.270. The van der Waals surface area contributed by atoms with Gasteiger partial charge >= 0.3 is 0 Å². The lowest BCUT2D eigenvalue weighted by Crippen LogP contribution is -2.52. The van der Waals surface area contributed by atoms with Crippen molar-refractivity contribution in [1.82, 2.24) is 5.32 Å². The zero-order valence-electron chi connectivity index (χ0n) is 14.1. The third-order valence-electron chi connectivity index (χ3n) is 6.46. The van der Waals surface area contributed by atoms with E-state index in [0.717, 1.165) is 18.4 Å². The number of nitrogens with one attached hydrogen (secondary N) is 1. The Balaban J connectivity index is 1.73. The highest BCUT2D eigenvalue weighted by atomic mass is 32.2. The minimum Gasteiger partial charge on any atom is -0.374 e. The molecule has 1 N–H and O–H groups in total. The summed E-state index contributed by atoms with van der Waals surface area (Å²) >= 11 is 2.09. The molecule has 0 radical (unpaired) electrons. The van der Waals surface area contributed by atoms with Crippen molar-refractivity contribution in [3.63, 3.8) is 0 Å². The second-order valence-electron chi connectivity index (χ2n) is 8.24. The van der Waals surface area contributed by atoms with Crippen LogP contribution in [0.1, 0.15) is 58.8 Å². The van der Waals surface area contributed by atoms with Crippen LogP contribution in [0.25, 0.3) is 0 Å². The summed E-state index contributed by atoms with van der Waals surface area (Å²) in [6.07, 6.45) is 9.49. The highest BCUT2D eigenvalue weighted by molar-refractivity contribution is 7.99. The van der Waals surface area contributed by atoms with E-state index in [2.05, 4.69) is 38.0 Å². The molecule has 122 valence electrons. The maximum atomic E-state index is 6.24. The van der Waals surface area contributed by atoms with Crippen LogP contribution in [0.2, 0.25) is 0 Å². The maximum Gasteiger partial charge on any atom is 0.0783 e. The van der Waals surface area contributed by atoms with Gasteiger partial charge in [0, 0.05) is 18.4 Å². The van der Waals surface area contributed by atoms with Crippen LogP contribution in [0, 0.1) is 17.3 Å². The van der Waals surface area contributed by atoms with Gasteiger partial charge in [0.2, 0.25) is 0 Å². The Morgan fingerprint density at radius 2 is 2.05 bits per heavy atom. The number of ether oxygens (including phenoxy) is 1. The van der Waals surface area contributed by atoms with Crippen LogP contribution in [0.15, 0.2) is 0 Å². The van der Waals surface area contributed by atoms with Gasteiger partial charge in [0.1, 0.15) is 0 Å². The Morgan fingerprint density at radius 3 is 2.71 bits per heavy atom. The first kappa shape index (κ1) is 16.1. The lowest BCUT2D eigenvalue weighted by atomic mass is 9.62. The SMILES string of the molecule is CNC(C1CCOC2(CCSC2)C1)C1CCCCC1(C)C. The molecule has 4 unspecified atom stereocenters. The molecule has 0 aromatic carbocycles. The van der Waals surface area contributed by atoms with Crippen molar-refractivity contribution >= 4 is 11.8 Å². The molecular weight excluding hydrogens is 278 g/mol. The highest BCUT2D eigenvalue weighted by Gasteiger charge is 2.46. The molecule has 2 heterocycles. The standard InChI is InChI=1S/C18H33NOS/c1-17(2)8-5-4-6-15(17)16(19-3)14-7-10-20-18(12-14)9-11-21-13-18/h14-16,19H,4-13H2,1-3H3. The first-order valence-corrected chi connectivity index (χ1v) is 10.1. The molecule has 0 bridgehead atoms. The summed E-state index contributed by atoms with van der Waals surface area (Å²) in [6, 6.07) is 0.687. The van der Waals surface area contributed by atoms with Gasteiger partial charge in [0.25, 0.3) is 0 Å². The van der Waals surface area contributed by atoms with Crippen LogP contribution in [0.5, 0.6) is 0 Å². The number of rotatable bonds is 3. The fourth-order valence-electron chi connectivity index (χ4n) is 5.19. The number of thioether (sulfide) groups is 1. The van der Waals surface area contributed by atoms with Crippen LogP contribution >= 0.6 is 11.8 Å². The molecule has 0 aromatic heterocycles. The third-order valence-corrected chi connectivity index (χ3v) is 7.69. The van der Waals surface area contributed by atoms with Crippen molar-refractivity contribution in [2.24, 2.45) is 17.3 Å². The van der Waals surface area contributed by atoms with E-state index in [4.69, 9.17) is 4.74 Å². The average Bonchev–Trinajstić information content (AvgIpc) is 2.89. The van der Waals surface area contributed by atoms with Gasteiger partial charge in [-0.25, -0.2) is 0 Å². The third kappa shape index (κ3) is 3.30. The molecule has 3 aliphatic rings. The van der Waals surface area contributed by atoms with Gasteiger partial charge in [0.05, 0.1) is 5.60 Å². The van der Waals surface area contributed by atoms with E-state index in [9.17, 15) is 0 Å². The molecule has 21 heavy (non-hydrogen) atoms. The number of hydrogen-bond acceptors (Lipinski definition) is 3. The van der Waals surface area contributed by atoms with E-state index in [0.29, 0.717) is 11.5 Å². The van der Waals surface area contributed by atoms with Crippen molar-refractivity contribution in [2.45, 2.75) is 70.4 Å². The first-order valence-electron chi connectivity index (χ1n) is 8.95. The molecule has 1 saturated carbocycles. The van der Waals surface area contributed by atoms with E-state index in [1.165, 1.54) is 56.5 Å². The molecule has 1 spiro atoms. The molecule has 3 heteroatoms. The van der Waals surface area contributed by atoms with E-state index >= 15 is 0 Å².